The first kappa shape index (κ1) is 15.8. The van der Waals surface area contributed by atoms with Crippen LogP contribution in [0.5, 0.6) is 5.75 Å². The molecule has 8 heteroatoms. The van der Waals surface area contributed by atoms with Crippen LogP contribution in [0.3, 0.4) is 0 Å². The molecule has 108 valence electrons. The van der Waals surface area contributed by atoms with E-state index in [1.54, 1.807) is 13.0 Å². The van der Waals surface area contributed by atoms with Gasteiger partial charge in [-0.3, -0.25) is 0 Å². The number of alkyl halides is 3. The van der Waals surface area contributed by atoms with Gasteiger partial charge in [0.2, 0.25) is 10.0 Å². The van der Waals surface area contributed by atoms with Gasteiger partial charge in [0.25, 0.3) is 0 Å². The van der Waals surface area contributed by atoms with Crippen LogP contribution in [0, 0.1) is 6.92 Å². The van der Waals surface area contributed by atoms with Crippen LogP contribution >= 0.6 is 0 Å². The molecule has 0 radical (unpaired) electrons. The van der Waals surface area contributed by atoms with Crippen molar-refractivity contribution in [1.29, 1.82) is 0 Å². The standard InChI is InChI=1S/C11H14F3NO3S/c1-8-3-4-9(10(7-8)19(15,16)17)18-6-2-5-11(12,13)14/h3-4,7H,2,5-6H2,1H3,(H2,15,16,17). The van der Waals surface area contributed by atoms with E-state index < -0.39 is 22.6 Å². The molecule has 2 N–H and O–H groups in total. The summed E-state index contributed by atoms with van der Waals surface area (Å²) in [7, 11) is -3.97. The maximum absolute atomic E-state index is 11.9. The number of sulfonamides is 1. The van der Waals surface area contributed by atoms with Crippen LogP contribution in [0.4, 0.5) is 13.2 Å². The molecule has 1 rings (SSSR count). The highest BCUT2D eigenvalue weighted by Crippen LogP contribution is 2.25. The van der Waals surface area contributed by atoms with Gasteiger partial charge in [-0.25, -0.2) is 13.6 Å². The van der Waals surface area contributed by atoms with Crippen molar-refractivity contribution in [2.45, 2.75) is 30.8 Å². The maximum atomic E-state index is 11.9. The topological polar surface area (TPSA) is 69.4 Å². The summed E-state index contributed by atoms with van der Waals surface area (Å²) in [6.07, 6.45) is -5.48. The van der Waals surface area contributed by atoms with Gasteiger partial charge in [-0.15, -0.1) is 0 Å². The van der Waals surface area contributed by atoms with Crippen molar-refractivity contribution in [2.24, 2.45) is 5.14 Å². The Bertz CT molecular complexity index is 541. The van der Waals surface area contributed by atoms with Gasteiger partial charge in [-0.2, -0.15) is 13.2 Å². The lowest BCUT2D eigenvalue weighted by atomic mass is 10.2. The van der Waals surface area contributed by atoms with Crippen LogP contribution in [0.2, 0.25) is 0 Å². The zero-order valence-electron chi connectivity index (χ0n) is 10.2. The first-order valence-electron chi connectivity index (χ1n) is 5.42. The first-order chi connectivity index (χ1) is 8.59. The molecule has 1 aromatic carbocycles. The van der Waals surface area contributed by atoms with Gasteiger partial charge >= 0.3 is 6.18 Å². The van der Waals surface area contributed by atoms with Crippen LogP contribution in [-0.2, 0) is 10.0 Å². The molecule has 0 aliphatic carbocycles. The average molecular weight is 297 g/mol. The summed E-state index contributed by atoms with van der Waals surface area (Å²) in [5.74, 6) is -0.0322. The molecule has 0 aromatic heterocycles. The summed E-state index contributed by atoms with van der Waals surface area (Å²) < 4.78 is 63.5. The normalized spacial score (nSPS) is 12.5. The molecule has 0 aliphatic heterocycles. The van der Waals surface area contributed by atoms with Crippen molar-refractivity contribution in [2.75, 3.05) is 6.61 Å². The molecule has 0 atom stereocenters. The maximum Gasteiger partial charge on any atom is 0.389 e. The summed E-state index contributed by atoms with van der Waals surface area (Å²) in [6.45, 7) is 1.44. The Kier molecular flexibility index (Phi) is 4.81. The van der Waals surface area contributed by atoms with Gasteiger partial charge in [-0.05, 0) is 31.0 Å². The highest BCUT2D eigenvalue weighted by Gasteiger charge is 2.26. The van der Waals surface area contributed by atoms with E-state index in [0.717, 1.165) is 0 Å². The Morgan fingerprint density at radius 2 is 1.95 bits per heavy atom. The zero-order chi connectivity index (χ0) is 14.7. The molecule has 0 saturated carbocycles. The number of aryl methyl sites for hydroxylation is 1. The van der Waals surface area contributed by atoms with Gasteiger partial charge < -0.3 is 4.74 Å². The predicted octanol–water partition coefficient (Wildman–Crippen LogP) is 2.36. The number of ether oxygens (including phenoxy) is 1. The number of halogens is 3. The molecule has 0 bridgehead atoms. The van der Waals surface area contributed by atoms with Gasteiger partial charge in [0, 0.05) is 6.42 Å². The third-order valence-electron chi connectivity index (χ3n) is 2.27. The third-order valence-corrected chi connectivity index (χ3v) is 3.20. The number of nitrogens with two attached hydrogens (primary N) is 1. The molecule has 0 aliphatic rings. The van der Waals surface area contributed by atoms with Gasteiger partial charge in [0.1, 0.15) is 10.6 Å². The second-order valence-corrected chi connectivity index (χ2v) is 5.59. The Hall–Kier alpha value is -1.28. The SMILES string of the molecule is Cc1ccc(OCCCC(F)(F)F)c(S(N)(=O)=O)c1. The third kappa shape index (κ3) is 5.48. The lowest BCUT2D eigenvalue weighted by Gasteiger charge is -2.11. The Balaban J connectivity index is 2.74. The number of rotatable bonds is 5. The summed E-state index contributed by atoms with van der Waals surface area (Å²) in [5.41, 5.74) is 0.659. The summed E-state index contributed by atoms with van der Waals surface area (Å²) in [6, 6.07) is 4.28. The van der Waals surface area contributed by atoms with E-state index in [1.165, 1.54) is 12.1 Å². The number of hydrogen-bond acceptors (Lipinski definition) is 3. The van der Waals surface area contributed by atoms with Crippen LogP contribution in [0.1, 0.15) is 18.4 Å². The van der Waals surface area contributed by atoms with E-state index in [4.69, 9.17) is 9.88 Å². The van der Waals surface area contributed by atoms with Crippen molar-refractivity contribution in [3.63, 3.8) is 0 Å². The Labute approximate surface area is 109 Å². The van der Waals surface area contributed by atoms with Crippen molar-refractivity contribution in [1.82, 2.24) is 0 Å². The van der Waals surface area contributed by atoms with E-state index in [1.807, 2.05) is 0 Å². The lowest BCUT2D eigenvalue weighted by molar-refractivity contribution is -0.136. The largest absolute Gasteiger partial charge is 0.492 e. The second-order valence-electron chi connectivity index (χ2n) is 4.06. The zero-order valence-corrected chi connectivity index (χ0v) is 11.0. The molecule has 4 nitrogen and oxygen atoms in total. The second kappa shape index (κ2) is 5.79. The monoisotopic (exact) mass is 297 g/mol. The highest BCUT2D eigenvalue weighted by molar-refractivity contribution is 7.89. The summed E-state index contributed by atoms with van der Waals surface area (Å²) >= 11 is 0. The van der Waals surface area contributed by atoms with Crippen LogP contribution < -0.4 is 9.88 Å². The minimum Gasteiger partial charge on any atom is -0.492 e. The van der Waals surface area contributed by atoms with E-state index in [0.29, 0.717) is 5.56 Å². The quantitative estimate of drug-likeness (QED) is 0.848. The summed E-state index contributed by atoms with van der Waals surface area (Å²) in [5, 5.41) is 5.01. The lowest BCUT2D eigenvalue weighted by Crippen LogP contribution is -2.15. The minimum absolute atomic E-state index is 0.0322. The van der Waals surface area contributed by atoms with E-state index in [2.05, 4.69) is 0 Å². The summed E-state index contributed by atoms with van der Waals surface area (Å²) in [4.78, 5) is -0.223. The molecular weight excluding hydrogens is 283 g/mol. The predicted molar refractivity (Wildman–Crippen MR) is 63.3 cm³/mol. The fraction of sp³-hybridized carbons (Fsp3) is 0.455. The fourth-order valence-corrected chi connectivity index (χ4v) is 2.17. The minimum atomic E-state index is -4.25. The van der Waals surface area contributed by atoms with E-state index in [9.17, 15) is 21.6 Å². The molecular formula is C11H14F3NO3S. The molecule has 0 fully saturated rings. The van der Waals surface area contributed by atoms with E-state index >= 15 is 0 Å². The molecule has 0 spiro atoms. The molecule has 0 amide bonds. The Morgan fingerprint density at radius 1 is 1.32 bits per heavy atom. The van der Waals surface area contributed by atoms with E-state index in [-0.39, 0.29) is 23.7 Å². The van der Waals surface area contributed by atoms with Crippen LogP contribution in [0.25, 0.3) is 0 Å². The molecule has 0 heterocycles. The highest BCUT2D eigenvalue weighted by atomic mass is 32.2. The average Bonchev–Trinajstić information content (AvgIpc) is 2.23. The van der Waals surface area contributed by atoms with Crippen molar-refractivity contribution >= 4 is 10.0 Å². The van der Waals surface area contributed by atoms with Crippen molar-refractivity contribution in [3.05, 3.63) is 23.8 Å². The van der Waals surface area contributed by atoms with Crippen LogP contribution in [0.15, 0.2) is 23.1 Å². The molecule has 19 heavy (non-hydrogen) atoms. The van der Waals surface area contributed by atoms with Gasteiger partial charge in [-0.1, -0.05) is 6.07 Å². The Morgan fingerprint density at radius 3 is 2.47 bits per heavy atom. The smallest absolute Gasteiger partial charge is 0.389 e. The van der Waals surface area contributed by atoms with Gasteiger partial charge in [0.05, 0.1) is 6.61 Å². The first-order valence-corrected chi connectivity index (χ1v) is 6.97. The number of hydrogen-bond donors (Lipinski definition) is 1. The van der Waals surface area contributed by atoms with Crippen LogP contribution in [-0.4, -0.2) is 21.2 Å². The van der Waals surface area contributed by atoms with Crippen molar-refractivity contribution < 1.29 is 26.3 Å². The molecule has 1 aromatic rings. The fourth-order valence-electron chi connectivity index (χ4n) is 1.41. The number of primary sulfonamides is 1. The molecule has 0 saturated heterocycles. The van der Waals surface area contributed by atoms with Gasteiger partial charge in [0.15, 0.2) is 0 Å². The number of benzene rings is 1. The molecule has 0 unspecified atom stereocenters. The van der Waals surface area contributed by atoms with Crippen molar-refractivity contribution in [3.8, 4) is 5.75 Å².